The number of nitrogens with zero attached hydrogens (tertiary/aromatic N) is 4. The lowest BCUT2D eigenvalue weighted by molar-refractivity contribution is -0.139. The molecular formula is C24H38ClN5O4S5. The average molecular weight is 656 g/mol. The van der Waals surface area contributed by atoms with Crippen molar-refractivity contribution in [2.75, 3.05) is 13.2 Å². The highest BCUT2D eigenvalue weighted by Crippen LogP contribution is 2.35. The summed E-state index contributed by atoms with van der Waals surface area (Å²) in [5, 5.41) is 6.67. The Kier molecular flexibility index (Phi) is 16.0. The Morgan fingerprint density at radius 2 is 1.79 bits per heavy atom. The van der Waals surface area contributed by atoms with E-state index in [-0.39, 0.29) is 104 Å². The Balaban J connectivity index is 0.00000289. The van der Waals surface area contributed by atoms with Crippen molar-refractivity contribution in [3.05, 3.63) is 42.5 Å². The topological polar surface area (TPSA) is 106 Å². The molecule has 220 valence electrons. The molecule has 2 aliphatic heterocycles. The molecule has 3 aliphatic rings. The maximum Gasteiger partial charge on any atom is 0.252 e. The zero-order chi connectivity index (χ0) is 23.8. The first-order chi connectivity index (χ1) is 16.4. The Morgan fingerprint density at radius 1 is 1.10 bits per heavy atom. The standard InChI is InChI=1S/C24H28ClN5O4.5H2S/c1-14-5-7-15(8-6-14)20(24(33)29-10-18(25)22-21(29)19(31)11-34-22)28-23(32)16-3-2-4-17(9-16)30-13-26-12-27-30;;;;;/h2-4,9,12-15,18,20-22H,5-8,10-11H2,1H3,(H,28,32);5*1H2/t14?,15?,18-,20-,21+,22+;;;;;/m0...../s1. The van der Waals surface area contributed by atoms with E-state index in [0.29, 0.717) is 17.2 Å². The molecular weight excluding hydrogens is 618 g/mol. The van der Waals surface area contributed by atoms with Gasteiger partial charge in [-0.15, -0.1) is 11.6 Å². The van der Waals surface area contributed by atoms with E-state index in [1.807, 2.05) is 6.07 Å². The van der Waals surface area contributed by atoms with Crippen LogP contribution in [0.4, 0.5) is 0 Å². The monoisotopic (exact) mass is 655 g/mol. The van der Waals surface area contributed by atoms with Gasteiger partial charge in [-0.1, -0.05) is 25.8 Å². The lowest BCUT2D eigenvalue weighted by Crippen LogP contribution is -2.55. The SMILES string of the molecule is CC1CCC([C@H](NC(=O)c2cccc(-n3cncn3)c2)C(=O)N2C[C@H](Cl)[C@H]3OCC(=O)[C@H]32)CC1.S.S.S.S.S. The summed E-state index contributed by atoms with van der Waals surface area (Å²) in [5.41, 5.74) is 1.12. The number of carbonyl (C=O) groups is 3. The number of halogens is 1. The molecule has 5 rings (SSSR count). The van der Waals surface area contributed by atoms with Crippen molar-refractivity contribution in [3.8, 4) is 5.69 Å². The lowest BCUT2D eigenvalue weighted by Gasteiger charge is -2.35. The van der Waals surface area contributed by atoms with Crippen LogP contribution in [0.2, 0.25) is 0 Å². The molecule has 1 N–H and O–H groups in total. The summed E-state index contributed by atoms with van der Waals surface area (Å²) in [6, 6.07) is 5.60. The van der Waals surface area contributed by atoms with Gasteiger partial charge in [0.15, 0.2) is 5.78 Å². The fraction of sp³-hybridized carbons (Fsp3) is 0.542. The van der Waals surface area contributed by atoms with Crippen LogP contribution in [0.15, 0.2) is 36.9 Å². The van der Waals surface area contributed by atoms with Crippen LogP contribution in [0.1, 0.15) is 43.0 Å². The predicted octanol–water partition coefficient (Wildman–Crippen LogP) is 2.54. The second-order valence-electron chi connectivity index (χ2n) is 9.55. The van der Waals surface area contributed by atoms with E-state index in [1.165, 1.54) is 11.2 Å². The van der Waals surface area contributed by atoms with Gasteiger partial charge in [0.1, 0.15) is 37.4 Å². The largest absolute Gasteiger partial charge is 0.366 e. The molecule has 0 spiro atoms. The number of alkyl halides is 1. The molecule has 1 aliphatic carbocycles. The zero-order valence-electron chi connectivity index (χ0n) is 21.5. The van der Waals surface area contributed by atoms with Gasteiger partial charge >= 0.3 is 0 Å². The predicted molar refractivity (Wildman–Crippen MR) is 176 cm³/mol. The summed E-state index contributed by atoms with van der Waals surface area (Å²) in [7, 11) is 0. The van der Waals surface area contributed by atoms with Gasteiger partial charge in [0.2, 0.25) is 5.91 Å². The van der Waals surface area contributed by atoms with Gasteiger partial charge in [0.05, 0.1) is 11.1 Å². The maximum absolute atomic E-state index is 13.8. The number of hydrogen-bond donors (Lipinski definition) is 1. The molecule has 1 aromatic heterocycles. The van der Waals surface area contributed by atoms with E-state index in [0.717, 1.165) is 25.7 Å². The van der Waals surface area contributed by atoms with Crippen LogP contribution in [-0.2, 0) is 14.3 Å². The number of benzene rings is 1. The van der Waals surface area contributed by atoms with Crippen molar-refractivity contribution >= 4 is 96.7 Å². The Morgan fingerprint density at radius 3 is 2.44 bits per heavy atom. The van der Waals surface area contributed by atoms with Crippen molar-refractivity contribution < 1.29 is 19.1 Å². The number of ketones is 1. The third-order valence-corrected chi connectivity index (χ3v) is 7.67. The number of hydrogen-bond acceptors (Lipinski definition) is 6. The van der Waals surface area contributed by atoms with Gasteiger partial charge < -0.3 is 15.0 Å². The van der Waals surface area contributed by atoms with Crippen molar-refractivity contribution in [1.29, 1.82) is 0 Å². The van der Waals surface area contributed by atoms with E-state index in [4.69, 9.17) is 16.3 Å². The Hall–Kier alpha value is -1.03. The number of likely N-dealkylation sites (tertiary alicyclic amines) is 1. The van der Waals surface area contributed by atoms with E-state index < -0.39 is 23.6 Å². The summed E-state index contributed by atoms with van der Waals surface area (Å²) in [4.78, 5) is 45.1. The van der Waals surface area contributed by atoms with Crippen molar-refractivity contribution in [2.24, 2.45) is 11.8 Å². The molecule has 2 amide bonds. The van der Waals surface area contributed by atoms with Gasteiger partial charge in [0.25, 0.3) is 5.91 Å². The average Bonchev–Trinajstić information content (AvgIpc) is 3.58. The number of nitrogens with one attached hydrogen (secondary N) is 1. The van der Waals surface area contributed by atoms with Crippen LogP contribution >= 0.6 is 79.1 Å². The van der Waals surface area contributed by atoms with Crippen molar-refractivity contribution in [3.63, 3.8) is 0 Å². The molecule has 2 aromatic rings. The van der Waals surface area contributed by atoms with Gasteiger partial charge in [-0.05, 0) is 42.9 Å². The van der Waals surface area contributed by atoms with Gasteiger partial charge in [-0.3, -0.25) is 14.4 Å². The first-order valence-corrected chi connectivity index (χ1v) is 12.2. The zero-order valence-corrected chi connectivity index (χ0v) is 27.2. The number of amides is 2. The molecule has 15 heteroatoms. The Bertz CT molecular complexity index is 1090. The minimum absolute atomic E-state index is 0. The molecule has 39 heavy (non-hydrogen) atoms. The van der Waals surface area contributed by atoms with Crippen LogP contribution in [-0.4, -0.2) is 74.0 Å². The molecule has 3 heterocycles. The summed E-state index contributed by atoms with van der Waals surface area (Å²) in [6.45, 7) is 2.41. The normalized spacial score (nSPS) is 25.8. The van der Waals surface area contributed by atoms with Crippen molar-refractivity contribution in [2.45, 2.75) is 56.2 Å². The molecule has 0 unspecified atom stereocenters. The molecule has 4 atom stereocenters. The van der Waals surface area contributed by atoms with E-state index in [9.17, 15) is 14.4 Å². The molecule has 2 saturated heterocycles. The highest BCUT2D eigenvalue weighted by molar-refractivity contribution is 7.60. The van der Waals surface area contributed by atoms with E-state index in [2.05, 4.69) is 22.3 Å². The summed E-state index contributed by atoms with van der Waals surface area (Å²) in [6.07, 6.45) is 6.17. The number of aromatic nitrogens is 3. The third-order valence-electron chi connectivity index (χ3n) is 7.28. The number of carbonyl (C=O) groups excluding carboxylic acids is 3. The second-order valence-corrected chi connectivity index (χ2v) is 10.1. The first-order valence-electron chi connectivity index (χ1n) is 11.8. The molecule has 1 saturated carbocycles. The highest BCUT2D eigenvalue weighted by Gasteiger charge is 2.53. The number of ether oxygens (including phenoxy) is 1. The van der Waals surface area contributed by atoms with E-state index in [1.54, 1.807) is 29.2 Å². The minimum Gasteiger partial charge on any atom is -0.366 e. The fourth-order valence-corrected chi connectivity index (χ4v) is 5.72. The number of fused-ring (bicyclic) bond motifs is 1. The van der Waals surface area contributed by atoms with Gasteiger partial charge in [-0.25, -0.2) is 9.67 Å². The van der Waals surface area contributed by atoms with Gasteiger partial charge in [0, 0.05) is 12.1 Å². The third kappa shape index (κ3) is 8.04. The first kappa shape index (κ1) is 38.0. The lowest BCUT2D eigenvalue weighted by atomic mass is 9.78. The van der Waals surface area contributed by atoms with Crippen LogP contribution in [0, 0.1) is 11.8 Å². The smallest absolute Gasteiger partial charge is 0.252 e. The number of rotatable bonds is 5. The molecule has 0 radical (unpaired) electrons. The van der Waals surface area contributed by atoms with Crippen LogP contribution in [0.3, 0.4) is 0 Å². The number of Topliss-reactive ketones (excluding diaryl/α,β-unsaturated/α-hetero) is 1. The van der Waals surface area contributed by atoms with E-state index >= 15 is 0 Å². The fourth-order valence-electron chi connectivity index (χ4n) is 5.36. The minimum atomic E-state index is -0.731. The van der Waals surface area contributed by atoms with Crippen LogP contribution in [0.25, 0.3) is 5.69 Å². The van der Waals surface area contributed by atoms with Crippen molar-refractivity contribution in [1.82, 2.24) is 25.0 Å². The Labute approximate surface area is 268 Å². The maximum atomic E-state index is 13.8. The highest BCUT2D eigenvalue weighted by atomic mass is 35.5. The molecule has 0 bridgehead atoms. The second kappa shape index (κ2) is 16.4. The molecule has 3 fully saturated rings. The summed E-state index contributed by atoms with van der Waals surface area (Å²) >= 11 is 6.42. The molecule has 9 nitrogen and oxygen atoms in total. The molecule has 1 aromatic carbocycles. The summed E-state index contributed by atoms with van der Waals surface area (Å²) < 4.78 is 7.11. The van der Waals surface area contributed by atoms with Gasteiger partial charge in [-0.2, -0.15) is 72.6 Å². The van der Waals surface area contributed by atoms with Crippen LogP contribution < -0.4 is 5.32 Å². The van der Waals surface area contributed by atoms with Crippen LogP contribution in [0.5, 0.6) is 0 Å². The summed E-state index contributed by atoms with van der Waals surface area (Å²) in [5.74, 6) is -0.139. The quantitative estimate of drug-likeness (QED) is 0.497.